The predicted octanol–water partition coefficient (Wildman–Crippen LogP) is 5.80. The van der Waals surface area contributed by atoms with Crippen molar-refractivity contribution in [3.8, 4) is 0 Å². The molecule has 1 atom stereocenters. The minimum absolute atomic E-state index is 0.0236. The molecule has 7 nitrogen and oxygen atoms in total. The molecule has 0 heterocycles. The van der Waals surface area contributed by atoms with Gasteiger partial charge in [-0.15, -0.1) is 0 Å². The number of halogens is 1. The number of anilines is 1. The maximum Gasteiger partial charge on any atom is 0.264 e. The summed E-state index contributed by atoms with van der Waals surface area (Å²) in [6.45, 7) is 6.52. The van der Waals surface area contributed by atoms with Crippen LogP contribution in [0, 0.1) is 19.7 Å². The zero-order valence-corrected chi connectivity index (χ0v) is 26.2. The summed E-state index contributed by atoms with van der Waals surface area (Å²) in [6.07, 6.45) is 0.148. The molecule has 4 rings (SSSR count). The zero-order valence-electron chi connectivity index (χ0n) is 25.4. The number of benzene rings is 4. The summed E-state index contributed by atoms with van der Waals surface area (Å²) >= 11 is 0. The number of sulfonamides is 1. The molecule has 0 aliphatic heterocycles. The number of rotatable bonds is 12. The van der Waals surface area contributed by atoms with E-state index in [1.807, 2.05) is 58.0 Å². The Labute approximate surface area is 259 Å². The predicted molar refractivity (Wildman–Crippen MR) is 171 cm³/mol. The van der Waals surface area contributed by atoms with Gasteiger partial charge in [0.25, 0.3) is 10.0 Å². The van der Waals surface area contributed by atoms with Crippen molar-refractivity contribution in [3.05, 3.63) is 131 Å². The Kier molecular flexibility index (Phi) is 10.5. The van der Waals surface area contributed by atoms with Gasteiger partial charge in [0.1, 0.15) is 18.4 Å². The number of nitrogens with one attached hydrogen (secondary N) is 1. The minimum Gasteiger partial charge on any atom is -0.352 e. The second kappa shape index (κ2) is 14.3. The second-order valence-electron chi connectivity index (χ2n) is 11.1. The number of nitrogens with zero attached hydrogens (tertiary/aromatic N) is 2. The lowest BCUT2D eigenvalue weighted by molar-refractivity contribution is -0.140. The standard InChI is InChI=1S/C35H38FN3O4S/c1-25(2)37-35(41)33(22-28-10-6-5-7-11-28)38(23-29-12-8-9-13-32(29)36)34(40)24-39(30-18-14-26(3)15-19-30)44(42,43)31-20-16-27(4)17-21-31/h5-21,25,33H,22-24H2,1-4H3,(H,37,41)/t33-/m0/s1. The van der Waals surface area contributed by atoms with Gasteiger partial charge in [0.05, 0.1) is 10.6 Å². The molecule has 2 amide bonds. The Balaban J connectivity index is 1.81. The molecule has 4 aromatic rings. The van der Waals surface area contributed by atoms with Gasteiger partial charge in [-0.3, -0.25) is 13.9 Å². The number of carbonyl (C=O) groups is 2. The number of carbonyl (C=O) groups excluding carboxylic acids is 2. The number of aryl methyl sites for hydroxylation is 2. The quantitative estimate of drug-likeness (QED) is 0.218. The topological polar surface area (TPSA) is 86.8 Å². The first-order valence-electron chi connectivity index (χ1n) is 14.5. The zero-order chi connectivity index (χ0) is 31.9. The largest absolute Gasteiger partial charge is 0.352 e. The van der Waals surface area contributed by atoms with E-state index in [1.165, 1.54) is 23.1 Å². The summed E-state index contributed by atoms with van der Waals surface area (Å²) in [6, 6.07) is 27.2. The highest BCUT2D eigenvalue weighted by Crippen LogP contribution is 2.26. The molecule has 0 bridgehead atoms. The third-order valence-electron chi connectivity index (χ3n) is 7.21. The van der Waals surface area contributed by atoms with Crippen molar-refractivity contribution in [1.82, 2.24) is 10.2 Å². The Morgan fingerprint density at radius 3 is 1.95 bits per heavy atom. The van der Waals surface area contributed by atoms with Crippen LogP contribution in [0.3, 0.4) is 0 Å². The molecule has 0 spiro atoms. The van der Waals surface area contributed by atoms with Gasteiger partial charge in [-0.2, -0.15) is 0 Å². The van der Waals surface area contributed by atoms with Gasteiger partial charge in [0.2, 0.25) is 11.8 Å². The number of hydrogen-bond donors (Lipinski definition) is 1. The van der Waals surface area contributed by atoms with E-state index in [2.05, 4.69) is 5.32 Å². The lowest BCUT2D eigenvalue weighted by Gasteiger charge is -2.34. The fourth-order valence-corrected chi connectivity index (χ4v) is 6.24. The summed E-state index contributed by atoms with van der Waals surface area (Å²) in [5, 5.41) is 2.89. The fraction of sp³-hybridized carbons (Fsp3) is 0.257. The van der Waals surface area contributed by atoms with E-state index in [0.29, 0.717) is 5.69 Å². The molecule has 0 radical (unpaired) electrons. The Morgan fingerprint density at radius 2 is 1.36 bits per heavy atom. The molecule has 44 heavy (non-hydrogen) atoms. The van der Waals surface area contributed by atoms with Crippen molar-refractivity contribution in [2.24, 2.45) is 0 Å². The molecular weight excluding hydrogens is 577 g/mol. The van der Waals surface area contributed by atoms with Crippen molar-refractivity contribution in [1.29, 1.82) is 0 Å². The van der Waals surface area contributed by atoms with E-state index in [4.69, 9.17) is 0 Å². The van der Waals surface area contributed by atoms with Crippen LogP contribution in [0.2, 0.25) is 0 Å². The average molecular weight is 616 g/mol. The molecule has 0 saturated carbocycles. The Morgan fingerprint density at radius 1 is 0.795 bits per heavy atom. The molecule has 0 fully saturated rings. The highest BCUT2D eigenvalue weighted by molar-refractivity contribution is 7.92. The Bertz CT molecular complexity index is 1680. The summed E-state index contributed by atoms with van der Waals surface area (Å²) in [5.41, 5.74) is 3.10. The molecule has 4 aromatic carbocycles. The Hall–Kier alpha value is -4.50. The van der Waals surface area contributed by atoms with Gasteiger partial charge in [-0.05, 0) is 63.6 Å². The molecular formula is C35H38FN3O4S. The highest BCUT2D eigenvalue weighted by atomic mass is 32.2. The molecule has 1 N–H and O–H groups in total. The van der Waals surface area contributed by atoms with E-state index < -0.39 is 40.2 Å². The van der Waals surface area contributed by atoms with E-state index in [0.717, 1.165) is 21.0 Å². The van der Waals surface area contributed by atoms with Gasteiger partial charge < -0.3 is 10.2 Å². The van der Waals surface area contributed by atoms with Crippen molar-refractivity contribution in [3.63, 3.8) is 0 Å². The van der Waals surface area contributed by atoms with E-state index in [1.54, 1.807) is 54.6 Å². The van der Waals surface area contributed by atoms with Gasteiger partial charge in [-0.1, -0.05) is 83.9 Å². The number of amides is 2. The van der Waals surface area contributed by atoms with Gasteiger partial charge in [0.15, 0.2) is 0 Å². The monoisotopic (exact) mass is 615 g/mol. The lowest BCUT2D eigenvalue weighted by atomic mass is 10.0. The molecule has 0 aliphatic rings. The van der Waals surface area contributed by atoms with Crippen LogP contribution in [0.1, 0.15) is 36.1 Å². The first-order chi connectivity index (χ1) is 21.0. The second-order valence-corrected chi connectivity index (χ2v) is 13.0. The van der Waals surface area contributed by atoms with E-state index >= 15 is 0 Å². The maximum absolute atomic E-state index is 15.0. The van der Waals surface area contributed by atoms with Gasteiger partial charge in [-0.25, -0.2) is 12.8 Å². The normalized spacial score (nSPS) is 12.0. The first kappa shape index (κ1) is 32.4. The van der Waals surface area contributed by atoms with Crippen LogP contribution in [0.4, 0.5) is 10.1 Å². The summed E-state index contributed by atoms with van der Waals surface area (Å²) in [5.74, 6) is -1.60. The number of hydrogen-bond acceptors (Lipinski definition) is 4. The van der Waals surface area contributed by atoms with Crippen molar-refractivity contribution < 1.29 is 22.4 Å². The van der Waals surface area contributed by atoms with Crippen LogP contribution in [0.25, 0.3) is 0 Å². The molecule has 230 valence electrons. The fourth-order valence-electron chi connectivity index (χ4n) is 4.82. The van der Waals surface area contributed by atoms with Crippen LogP contribution in [-0.2, 0) is 32.6 Å². The molecule has 9 heteroatoms. The maximum atomic E-state index is 15.0. The van der Waals surface area contributed by atoms with Crippen LogP contribution >= 0.6 is 0 Å². The van der Waals surface area contributed by atoms with E-state index in [9.17, 15) is 22.4 Å². The SMILES string of the molecule is Cc1ccc(N(CC(=O)N(Cc2ccccc2F)[C@@H](Cc2ccccc2)C(=O)NC(C)C)S(=O)(=O)c2ccc(C)cc2)cc1. The first-order valence-corrected chi connectivity index (χ1v) is 15.9. The van der Waals surface area contributed by atoms with Crippen molar-refractivity contribution >= 4 is 27.5 Å². The van der Waals surface area contributed by atoms with Crippen LogP contribution in [0.5, 0.6) is 0 Å². The summed E-state index contributed by atoms with van der Waals surface area (Å²) in [7, 11) is -4.21. The average Bonchev–Trinajstić information content (AvgIpc) is 2.99. The van der Waals surface area contributed by atoms with Crippen LogP contribution in [0.15, 0.2) is 108 Å². The summed E-state index contributed by atoms with van der Waals surface area (Å²) in [4.78, 5) is 29.4. The van der Waals surface area contributed by atoms with Gasteiger partial charge >= 0.3 is 0 Å². The van der Waals surface area contributed by atoms with Crippen molar-refractivity contribution in [2.45, 2.75) is 57.6 Å². The summed E-state index contributed by atoms with van der Waals surface area (Å²) < 4.78 is 44.1. The van der Waals surface area contributed by atoms with Crippen LogP contribution < -0.4 is 9.62 Å². The third-order valence-corrected chi connectivity index (χ3v) is 9.00. The third kappa shape index (κ3) is 8.11. The minimum atomic E-state index is -4.21. The molecule has 0 saturated heterocycles. The molecule has 0 aromatic heterocycles. The van der Waals surface area contributed by atoms with Gasteiger partial charge in [0, 0.05) is 24.6 Å². The van der Waals surface area contributed by atoms with E-state index in [-0.39, 0.29) is 29.5 Å². The van der Waals surface area contributed by atoms with Crippen molar-refractivity contribution in [2.75, 3.05) is 10.8 Å². The lowest BCUT2D eigenvalue weighted by Crippen LogP contribution is -2.54. The van der Waals surface area contributed by atoms with Crippen LogP contribution in [-0.4, -0.2) is 43.8 Å². The molecule has 0 unspecified atom stereocenters. The molecule has 0 aliphatic carbocycles. The highest BCUT2D eigenvalue weighted by Gasteiger charge is 2.35. The smallest absolute Gasteiger partial charge is 0.264 e.